The molecule has 0 heterocycles. The average molecular weight is 176 g/mol. The van der Waals surface area contributed by atoms with Gasteiger partial charge in [-0.05, 0) is 37.5 Å². The lowest BCUT2D eigenvalue weighted by molar-refractivity contribution is 0.324. The van der Waals surface area contributed by atoms with Gasteiger partial charge in [-0.1, -0.05) is 43.6 Å². The number of allylic oxidation sites excluding steroid dienone is 4. The molecule has 3 atom stereocenters. The topological polar surface area (TPSA) is 0 Å². The van der Waals surface area contributed by atoms with Gasteiger partial charge in [0.1, 0.15) is 0 Å². The molecule has 0 aromatic carbocycles. The van der Waals surface area contributed by atoms with E-state index in [1.54, 1.807) is 5.57 Å². The van der Waals surface area contributed by atoms with Crippen LogP contribution < -0.4 is 0 Å². The van der Waals surface area contributed by atoms with Crippen molar-refractivity contribution >= 4 is 0 Å². The third kappa shape index (κ3) is 1.87. The molecule has 72 valence electrons. The molecule has 0 spiro atoms. The van der Waals surface area contributed by atoms with E-state index in [9.17, 15) is 0 Å². The summed E-state index contributed by atoms with van der Waals surface area (Å²) in [4.78, 5) is 0. The highest BCUT2D eigenvalue weighted by Crippen LogP contribution is 2.38. The first-order valence-electron chi connectivity index (χ1n) is 5.64. The van der Waals surface area contributed by atoms with Gasteiger partial charge in [-0.15, -0.1) is 0 Å². The van der Waals surface area contributed by atoms with Crippen LogP contribution in [0.2, 0.25) is 0 Å². The minimum absolute atomic E-state index is 0.658. The highest BCUT2D eigenvalue weighted by Gasteiger charge is 2.25. The van der Waals surface area contributed by atoms with E-state index in [-0.39, 0.29) is 0 Å². The van der Waals surface area contributed by atoms with Crippen molar-refractivity contribution in [1.82, 2.24) is 0 Å². The lowest BCUT2D eigenvalue weighted by Crippen LogP contribution is -2.17. The van der Waals surface area contributed by atoms with Gasteiger partial charge in [-0.3, -0.25) is 0 Å². The molecule has 0 heteroatoms. The summed E-state index contributed by atoms with van der Waals surface area (Å²) in [6, 6.07) is 0. The van der Waals surface area contributed by atoms with Crippen molar-refractivity contribution in [1.29, 1.82) is 0 Å². The SMILES string of the molecule is CC1=CC(C)C=CC2CCCCC12. The maximum absolute atomic E-state index is 2.47. The van der Waals surface area contributed by atoms with E-state index in [2.05, 4.69) is 32.1 Å². The third-order valence-electron chi connectivity index (χ3n) is 3.59. The molecule has 0 radical (unpaired) electrons. The largest absolute Gasteiger partial charge is 0.0842 e. The predicted octanol–water partition coefficient (Wildman–Crippen LogP) is 3.95. The summed E-state index contributed by atoms with van der Waals surface area (Å²) in [7, 11) is 0. The fraction of sp³-hybridized carbons (Fsp3) is 0.692. The van der Waals surface area contributed by atoms with Crippen molar-refractivity contribution < 1.29 is 0 Å². The van der Waals surface area contributed by atoms with Crippen LogP contribution in [0.15, 0.2) is 23.8 Å². The van der Waals surface area contributed by atoms with E-state index in [1.165, 1.54) is 25.7 Å². The van der Waals surface area contributed by atoms with E-state index < -0.39 is 0 Å². The minimum Gasteiger partial charge on any atom is -0.0842 e. The van der Waals surface area contributed by atoms with E-state index in [4.69, 9.17) is 0 Å². The second-order valence-electron chi connectivity index (χ2n) is 4.71. The van der Waals surface area contributed by atoms with Gasteiger partial charge in [0.25, 0.3) is 0 Å². The maximum Gasteiger partial charge on any atom is -0.00791 e. The summed E-state index contributed by atoms with van der Waals surface area (Å²) in [5.41, 5.74) is 1.64. The van der Waals surface area contributed by atoms with Crippen LogP contribution >= 0.6 is 0 Å². The molecule has 0 aliphatic heterocycles. The first kappa shape index (κ1) is 9.05. The number of hydrogen-bond acceptors (Lipinski definition) is 0. The fourth-order valence-electron chi connectivity index (χ4n) is 2.87. The maximum atomic E-state index is 2.47. The quantitative estimate of drug-likeness (QED) is 0.490. The first-order valence-corrected chi connectivity index (χ1v) is 5.64. The highest BCUT2D eigenvalue weighted by molar-refractivity contribution is 5.17. The summed E-state index contributed by atoms with van der Waals surface area (Å²) < 4.78 is 0. The minimum atomic E-state index is 0.658. The molecule has 2 rings (SSSR count). The Bertz CT molecular complexity index is 234. The Kier molecular flexibility index (Phi) is 2.57. The molecule has 2 aliphatic carbocycles. The first-order chi connectivity index (χ1) is 6.27. The van der Waals surface area contributed by atoms with Crippen LogP contribution in [-0.2, 0) is 0 Å². The van der Waals surface area contributed by atoms with E-state index in [0.29, 0.717) is 5.92 Å². The Balaban J connectivity index is 2.22. The van der Waals surface area contributed by atoms with Gasteiger partial charge in [0, 0.05) is 0 Å². The molecule has 1 saturated carbocycles. The molecule has 3 unspecified atom stereocenters. The lowest BCUT2D eigenvalue weighted by atomic mass is 9.76. The average Bonchev–Trinajstić information content (AvgIpc) is 2.27. The molecule has 0 bridgehead atoms. The predicted molar refractivity (Wildman–Crippen MR) is 57.5 cm³/mol. The normalized spacial score (nSPS) is 39.2. The molecule has 0 saturated heterocycles. The molecule has 0 nitrogen and oxygen atoms in total. The summed E-state index contributed by atoms with van der Waals surface area (Å²) >= 11 is 0. The number of fused-ring (bicyclic) bond motifs is 1. The molecular formula is C13H20. The summed E-state index contributed by atoms with van der Waals surface area (Å²) in [5.74, 6) is 2.38. The fourth-order valence-corrected chi connectivity index (χ4v) is 2.87. The lowest BCUT2D eigenvalue weighted by Gasteiger charge is -2.29. The van der Waals surface area contributed by atoms with Crippen molar-refractivity contribution in [3.05, 3.63) is 23.8 Å². The Labute approximate surface area is 81.7 Å². The molecular weight excluding hydrogens is 156 g/mol. The second kappa shape index (κ2) is 3.69. The zero-order chi connectivity index (χ0) is 9.26. The summed E-state index contributed by atoms with van der Waals surface area (Å²) in [6.07, 6.45) is 13.0. The highest BCUT2D eigenvalue weighted by atomic mass is 14.3. The van der Waals surface area contributed by atoms with Gasteiger partial charge in [0.05, 0.1) is 0 Å². The van der Waals surface area contributed by atoms with Crippen LogP contribution in [0.3, 0.4) is 0 Å². The van der Waals surface area contributed by atoms with Crippen molar-refractivity contribution in [3.63, 3.8) is 0 Å². The molecule has 0 N–H and O–H groups in total. The van der Waals surface area contributed by atoms with Gasteiger partial charge in [0.15, 0.2) is 0 Å². The van der Waals surface area contributed by atoms with Crippen LogP contribution in [0, 0.1) is 17.8 Å². The zero-order valence-corrected chi connectivity index (χ0v) is 8.79. The van der Waals surface area contributed by atoms with E-state index >= 15 is 0 Å². The van der Waals surface area contributed by atoms with Gasteiger partial charge in [-0.25, -0.2) is 0 Å². The van der Waals surface area contributed by atoms with Crippen LogP contribution in [0.5, 0.6) is 0 Å². The molecule has 13 heavy (non-hydrogen) atoms. The van der Waals surface area contributed by atoms with Crippen LogP contribution in [0.4, 0.5) is 0 Å². The van der Waals surface area contributed by atoms with Crippen LogP contribution in [0.1, 0.15) is 39.5 Å². The molecule has 1 fully saturated rings. The van der Waals surface area contributed by atoms with Gasteiger partial charge in [-0.2, -0.15) is 0 Å². The number of rotatable bonds is 0. The van der Waals surface area contributed by atoms with Crippen molar-refractivity contribution in [2.75, 3.05) is 0 Å². The van der Waals surface area contributed by atoms with E-state index in [1.807, 2.05) is 0 Å². The molecule has 2 aliphatic rings. The van der Waals surface area contributed by atoms with Gasteiger partial charge < -0.3 is 0 Å². The second-order valence-corrected chi connectivity index (χ2v) is 4.71. The smallest absolute Gasteiger partial charge is 0.00791 e. The van der Waals surface area contributed by atoms with Gasteiger partial charge >= 0.3 is 0 Å². The van der Waals surface area contributed by atoms with Gasteiger partial charge in [0.2, 0.25) is 0 Å². The summed E-state index contributed by atoms with van der Waals surface area (Å²) in [6.45, 7) is 4.61. The molecule has 0 aromatic rings. The Morgan fingerprint density at radius 2 is 1.92 bits per heavy atom. The van der Waals surface area contributed by atoms with Crippen LogP contribution in [0.25, 0.3) is 0 Å². The Morgan fingerprint density at radius 1 is 1.15 bits per heavy atom. The van der Waals surface area contributed by atoms with E-state index in [0.717, 1.165) is 11.8 Å². The van der Waals surface area contributed by atoms with Crippen LogP contribution in [-0.4, -0.2) is 0 Å². The van der Waals surface area contributed by atoms with Crippen molar-refractivity contribution in [2.45, 2.75) is 39.5 Å². The standard InChI is InChI=1S/C13H20/c1-10-7-8-12-5-3-4-6-13(12)11(2)9-10/h7-10,12-13H,3-6H2,1-2H3. The third-order valence-corrected chi connectivity index (χ3v) is 3.59. The van der Waals surface area contributed by atoms with Crippen molar-refractivity contribution in [2.24, 2.45) is 17.8 Å². The monoisotopic (exact) mass is 176 g/mol. The molecule has 0 amide bonds. The summed E-state index contributed by atoms with van der Waals surface area (Å²) in [5, 5.41) is 0. The van der Waals surface area contributed by atoms with Crippen molar-refractivity contribution in [3.8, 4) is 0 Å². The zero-order valence-electron chi connectivity index (χ0n) is 8.79. The number of hydrogen-bond donors (Lipinski definition) is 0. The molecule has 0 aromatic heterocycles. The Morgan fingerprint density at radius 3 is 2.77 bits per heavy atom. The Hall–Kier alpha value is -0.520.